The second kappa shape index (κ2) is 5.71. The van der Waals surface area contributed by atoms with Gasteiger partial charge in [0.1, 0.15) is 17.0 Å². The van der Waals surface area contributed by atoms with Gasteiger partial charge in [-0.15, -0.1) is 11.3 Å². The van der Waals surface area contributed by atoms with E-state index in [0.717, 1.165) is 52.2 Å². The molecule has 0 aliphatic carbocycles. The third-order valence-electron chi connectivity index (χ3n) is 4.32. The number of rotatable bonds is 2. The van der Waals surface area contributed by atoms with Crippen LogP contribution in [0.5, 0.6) is 0 Å². The van der Waals surface area contributed by atoms with Crippen LogP contribution in [0.15, 0.2) is 24.7 Å². The molecule has 23 heavy (non-hydrogen) atoms. The maximum atomic E-state index is 11.7. The summed E-state index contributed by atoms with van der Waals surface area (Å²) in [5.41, 5.74) is 3.20. The molecule has 4 heterocycles. The standard InChI is InChI=1S/C15H16N6OS/c16-20-14(22)9-3-6-21(7-4-9)13-12-11(18-8-19-13)10-2-1-5-17-15(10)23-12/h1-2,5,8-9H,3-4,6-7,16H2,(H,20,22). The van der Waals surface area contributed by atoms with Crippen molar-refractivity contribution >= 4 is 43.5 Å². The molecule has 0 unspecified atom stereocenters. The summed E-state index contributed by atoms with van der Waals surface area (Å²) < 4.78 is 1.06. The van der Waals surface area contributed by atoms with Gasteiger partial charge >= 0.3 is 0 Å². The maximum absolute atomic E-state index is 11.7. The number of piperidine rings is 1. The third-order valence-corrected chi connectivity index (χ3v) is 5.42. The van der Waals surface area contributed by atoms with Gasteiger partial charge in [-0.05, 0) is 25.0 Å². The minimum absolute atomic E-state index is 0.0161. The van der Waals surface area contributed by atoms with Crippen LogP contribution in [-0.4, -0.2) is 33.9 Å². The number of hydrogen-bond donors (Lipinski definition) is 2. The summed E-state index contributed by atoms with van der Waals surface area (Å²) in [7, 11) is 0. The van der Waals surface area contributed by atoms with E-state index in [1.54, 1.807) is 23.9 Å². The fourth-order valence-corrected chi connectivity index (χ4v) is 4.21. The van der Waals surface area contributed by atoms with Crippen LogP contribution >= 0.6 is 11.3 Å². The topological polar surface area (TPSA) is 97.0 Å². The number of nitrogens with two attached hydrogens (primary N) is 1. The Morgan fingerprint density at radius 2 is 2.13 bits per heavy atom. The van der Waals surface area contributed by atoms with Crippen LogP contribution in [0.25, 0.3) is 20.4 Å². The SMILES string of the molecule is NNC(=O)C1CCN(c2ncnc3c2sc2ncccc23)CC1. The van der Waals surface area contributed by atoms with E-state index in [4.69, 9.17) is 5.84 Å². The molecule has 1 aliphatic rings. The van der Waals surface area contributed by atoms with Crippen molar-refractivity contribution in [2.75, 3.05) is 18.0 Å². The van der Waals surface area contributed by atoms with E-state index in [1.165, 1.54) is 0 Å². The monoisotopic (exact) mass is 328 g/mol. The quantitative estimate of drug-likeness (QED) is 0.420. The first-order chi connectivity index (χ1) is 11.3. The van der Waals surface area contributed by atoms with Gasteiger partial charge < -0.3 is 4.90 Å². The number of amides is 1. The zero-order chi connectivity index (χ0) is 15.8. The molecule has 0 spiro atoms. The molecule has 1 saturated heterocycles. The van der Waals surface area contributed by atoms with E-state index in [2.05, 4.69) is 25.3 Å². The molecule has 3 aromatic rings. The van der Waals surface area contributed by atoms with Gasteiger partial charge in [-0.1, -0.05) is 0 Å². The Labute approximate surface area is 136 Å². The van der Waals surface area contributed by atoms with Crippen LogP contribution < -0.4 is 16.2 Å². The van der Waals surface area contributed by atoms with Crippen LogP contribution in [-0.2, 0) is 4.79 Å². The van der Waals surface area contributed by atoms with Crippen LogP contribution in [0.2, 0.25) is 0 Å². The fourth-order valence-electron chi connectivity index (χ4n) is 3.10. The molecule has 1 aliphatic heterocycles. The predicted molar refractivity (Wildman–Crippen MR) is 90.0 cm³/mol. The summed E-state index contributed by atoms with van der Waals surface area (Å²) in [6.07, 6.45) is 4.95. The van der Waals surface area contributed by atoms with Gasteiger partial charge in [0.25, 0.3) is 0 Å². The molecular formula is C15H16N6OS. The molecule has 0 bridgehead atoms. The minimum atomic E-state index is -0.0800. The lowest BCUT2D eigenvalue weighted by Gasteiger charge is -2.31. The Balaban J connectivity index is 1.69. The van der Waals surface area contributed by atoms with Crippen molar-refractivity contribution in [3.05, 3.63) is 24.7 Å². The first-order valence-electron chi connectivity index (χ1n) is 7.51. The van der Waals surface area contributed by atoms with Crippen molar-refractivity contribution in [2.24, 2.45) is 11.8 Å². The Bertz CT molecular complexity index is 871. The number of carbonyl (C=O) groups is 1. The zero-order valence-corrected chi connectivity index (χ0v) is 13.2. The molecule has 0 aromatic carbocycles. The molecule has 4 rings (SSSR count). The van der Waals surface area contributed by atoms with E-state index in [-0.39, 0.29) is 11.8 Å². The van der Waals surface area contributed by atoms with E-state index >= 15 is 0 Å². The second-order valence-corrected chi connectivity index (χ2v) is 6.60. The van der Waals surface area contributed by atoms with Crippen molar-refractivity contribution < 1.29 is 4.79 Å². The lowest BCUT2D eigenvalue weighted by Crippen LogP contribution is -2.43. The van der Waals surface area contributed by atoms with Gasteiger partial charge in [0.05, 0.1) is 10.2 Å². The molecular weight excluding hydrogens is 312 g/mol. The summed E-state index contributed by atoms with van der Waals surface area (Å²) in [4.78, 5) is 28.2. The number of anilines is 1. The van der Waals surface area contributed by atoms with Gasteiger partial charge in [-0.3, -0.25) is 10.2 Å². The molecule has 0 atom stereocenters. The summed E-state index contributed by atoms with van der Waals surface area (Å²) in [6, 6.07) is 3.96. The maximum Gasteiger partial charge on any atom is 0.237 e. The van der Waals surface area contributed by atoms with Crippen molar-refractivity contribution in [1.29, 1.82) is 0 Å². The van der Waals surface area contributed by atoms with Crippen molar-refractivity contribution in [3.8, 4) is 0 Å². The zero-order valence-electron chi connectivity index (χ0n) is 12.4. The summed E-state index contributed by atoms with van der Waals surface area (Å²) >= 11 is 1.62. The van der Waals surface area contributed by atoms with Crippen molar-refractivity contribution in [3.63, 3.8) is 0 Å². The lowest BCUT2D eigenvalue weighted by atomic mass is 9.96. The average molecular weight is 328 g/mol. The molecule has 3 aromatic heterocycles. The van der Waals surface area contributed by atoms with E-state index < -0.39 is 0 Å². The van der Waals surface area contributed by atoms with Gasteiger partial charge in [0.15, 0.2) is 0 Å². The van der Waals surface area contributed by atoms with Gasteiger partial charge in [-0.25, -0.2) is 20.8 Å². The van der Waals surface area contributed by atoms with Crippen LogP contribution in [0.1, 0.15) is 12.8 Å². The number of hydrogen-bond acceptors (Lipinski definition) is 7. The highest BCUT2D eigenvalue weighted by Gasteiger charge is 2.26. The molecule has 0 radical (unpaired) electrons. The third kappa shape index (κ3) is 2.40. The Kier molecular flexibility index (Phi) is 3.55. The molecule has 1 fully saturated rings. The number of carbonyl (C=O) groups excluding carboxylic acids is 1. The van der Waals surface area contributed by atoms with E-state index in [0.29, 0.717) is 0 Å². The van der Waals surface area contributed by atoms with Crippen LogP contribution in [0, 0.1) is 5.92 Å². The lowest BCUT2D eigenvalue weighted by molar-refractivity contribution is -0.125. The second-order valence-electron chi connectivity index (χ2n) is 5.60. The number of nitrogens with one attached hydrogen (secondary N) is 1. The Hall–Kier alpha value is -2.32. The summed E-state index contributed by atoms with van der Waals surface area (Å²) in [5.74, 6) is 6.07. The van der Waals surface area contributed by atoms with Gasteiger partial charge in [-0.2, -0.15) is 0 Å². The molecule has 8 heteroatoms. The average Bonchev–Trinajstić information content (AvgIpc) is 3.00. The van der Waals surface area contributed by atoms with E-state index in [1.807, 2.05) is 12.1 Å². The fraction of sp³-hybridized carbons (Fsp3) is 0.333. The molecule has 0 saturated carbocycles. The van der Waals surface area contributed by atoms with Crippen molar-refractivity contribution in [1.82, 2.24) is 20.4 Å². The molecule has 118 valence electrons. The van der Waals surface area contributed by atoms with Crippen LogP contribution in [0.4, 0.5) is 5.82 Å². The highest BCUT2D eigenvalue weighted by Crippen LogP contribution is 2.36. The van der Waals surface area contributed by atoms with E-state index in [9.17, 15) is 4.79 Å². The normalized spacial score (nSPS) is 16.1. The summed E-state index contributed by atoms with van der Waals surface area (Å²) in [5, 5.41) is 1.06. The number of fused-ring (bicyclic) bond motifs is 3. The number of pyridine rings is 1. The Morgan fingerprint density at radius 3 is 2.91 bits per heavy atom. The largest absolute Gasteiger partial charge is 0.355 e. The minimum Gasteiger partial charge on any atom is -0.355 e. The van der Waals surface area contributed by atoms with Crippen molar-refractivity contribution in [2.45, 2.75) is 12.8 Å². The summed E-state index contributed by atoms with van der Waals surface area (Å²) in [6.45, 7) is 1.57. The number of nitrogens with zero attached hydrogens (tertiary/aromatic N) is 4. The number of thiophene rings is 1. The number of aromatic nitrogens is 3. The number of hydrazine groups is 1. The van der Waals surface area contributed by atoms with Gasteiger partial charge in [0, 0.05) is 30.6 Å². The highest BCUT2D eigenvalue weighted by molar-refractivity contribution is 7.25. The smallest absolute Gasteiger partial charge is 0.237 e. The molecule has 7 nitrogen and oxygen atoms in total. The first-order valence-corrected chi connectivity index (χ1v) is 8.33. The first kappa shape index (κ1) is 14.3. The van der Waals surface area contributed by atoms with Crippen LogP contribution in [0.3, 0.4) is 0 Å². The molecule has 3 N–H and O–H groups in total. The highest BCUT2D eigenvalue weighted by atomic mass is 32.1. The Morgan fingerprint density at radius 1 is 1.30 bits per heavy atom. The van der Waals surface area contributed by atoms with Gasteiger partial charge in [0.2, 0.25) is 5.91 Å². The molecule has 1 amide bonds. The predicted octanol–water partition coefficient (Wildman–Crippen LogP) is 1.45.